The molecule has 1 N–H and O–H groups in total. The summed E-state index contributed by atoms with van der Waals surface area (Å²) < 4.78 is 1.08. The maximum absolute atomic E-state index is 12.1. The van der Waals surface area contributed by atoms with E-state index in [4.69, 9.17) is 0 Å². The summed E-state index contributed by atoms with van der Waals surface area (Å²) >= 11 is 5.64. The van der Waals surface area contributed by atoms with E-state index >= 15 is 0 Å². The van der Waals surface area contributed by atoms with Gasteiger partial charge in [0.05, 0.1) is 0 Å². The second kappa shape index (κ2) is 7.36. The third kappa shape index (κ3) is 4.95. The molecule has 0 saturated heterocycles. The lowest BCUT2D eigenvalue weighted by Gasteiger charge is -2.21. The lowest BCUT2D eigenvalue weighted by Crippen LogP contribution is -2.38. The van der Waals surface area contributed by atoms with Gasteiger partial charge in [-0.2, -0.15) is 0 Å². The van der Waals surface area contributed by atoms with Crippen molar-refractivity contribution in [3.8, 4) is 0 Å². The maximum atomic E-state index is 12.1. The van der Waals surface area contributed by atoms with E-state index in [1.165, 1.54) is 0 Å². The number of amides is 1. The predicted octanol–water partition coefficient (Wildman–Crippen LogP) is 3.83. The molecule has 1 aromatic carbocycles. The normalized spacial score (nSPS) is 12.5. The fraction of sp³-hybridized carbons (Fsp3) is 0.462. The fourth-order valence-electron chi connectivity index (χ4n) is 1.57. The van der Waals surface area contributed by atoms with Gasteiger partial charge >= 0.3 is 0 Å². The molecule has 0 bridgehead atoms. The van der Waals surface area contributed by atoms with Crippen LogP contribution in [0.3, 0.4) is 0 Å². The van der Waals surface area contributed by atoms with Crippen molar-refractivity contribution in [3.63, 3.8) is 0 Å². The molecule has 1 aromatic rings. The van der Waals surface area contributed by atoms with Gasteiger partial charge in [0.15, 0.2) is 0 Å². The van der Waals surface area contributed by atoms with E-state index in [0.717, 1.165) is 20.9 Å². The lowest BCUT2D eigenvalue weighted by molar-refractivity contribution is 0.0925. The zero-order chi connectivity index (χ0) is 12.8. The van der Waals surface area contributed by atoms with Gasteiger partial charge in [-0.25, -0.2) is 0 Å². The molecule has 0 heterocycles. The Balaban J connectivity index is 2.70. The van der Waals surface area contributed by atoms with Crippen molar-refractivity contribution in [2.24, 2.45) is 5.92 Å². The van der Waals surface area contributed by atoms with Crippen LogP contribution in [0.25, 0.3) is 0 Å². The number of carbonyl (C=O) groups excluding carboxylic acids is 1. The smallest absolute Gasteiger partial charge is 0.251 e. The Morgan fingerprint density at radius 3 is 2.71 bits per heavy atom. The van der Waals surface area contributed by atoms with Crippen LogP contribution in [0.5, 0.6) is 0 Å². The summed E-state index contributed by atoms with van der Waals surface area (Å²) in [6, 6.07) is 7.87. The van der Waals surface area contributed by atoms with Crippen LogP contribution < -0.4 is 5.32 Å². The zero-order valence-corrected chi connectivity index (χ0v) is 13.8. The Hall–Kier alpha value is -0.100. The number of rotatable bonds is 5. The van der Waals surface area contributed by atoms with Gasteiger partial charge in [0.25, 0.3) is 5.91 Å². The van der Waals surface area contributed by atoms with E-state index in [-0.39, 0.29) is 11.9 Å². The standard InChI is InChI=1S/C13H17BrINO/c1-9(2)12(6-7-14)16-13(17)10-4-3-5-11(15)8-10/h3-5,8-9,12H,6-7H2,1-2H3,(H,16,17). The number of halogens is 2. The zero-order valence-electron chi connectivity index (χ0n) is 10.0. The van der Waals surface area contributed by atoms with Crippen molar-refractivity contribution >= 4 is 44.4 Å². The number of nitrogens with one attached hydrogen (secondary N) is 1. The Kier molecular flexibility index (Phi) is 6.48. The van der Waals surface area contributed by atoms with Gasteiger partial charge in [0.2, 0.25) is 0 Å². The summed E-state index contributed by atoms with van der Waals surface area (Å²) in [4.78, 5) is 12.1. The molecule has 0 aliphatic rings. The first-order chi connectivity index (χ1) is 8.04. The van der Waals surface area contributed by atoms with Crippen LogP contribution in [0.4, 0.5) is 0 Å². The Bertz CT molecular complexity index is 381. The van der Waals surface area contributed by atoms with Gasteiger partial charge in [-0.3, -0.25) is 4.79 Å². The molecule has 1 unspecified atom stereocenters. The molecule has 0 aliphatic carbocycles. The lowest BCUT2D eigenvalue weighted by atomic mass is 10.0. The first kappa shape index (κ1) is 15.0. The predicted molar refractivity (Wildman–Crippen MR) is 83.7 cm³/mol. The third-order valence-corrected chi connectivity index (χ3v) is 3.76. The first-order valence-corrected chi connectivity index (χ1v) is 7.87. The van der Waals surface area contributed by atoms with Gasteiger partial charge in [0, 0.05) is 20.5 Å². The van der Waals surface area contributed by atoms with Gasteiger partial charge in [-0.1, -0.05) is 35.8 Å². The van der Waals surface area contributed by atoms with Gasteiger partial charge in [-0.15, -0.1) is 0 Å². The molecule has 1 amide bonds. The summed E-state index contributed by atoms with van der Waals surface area (Å²) in [6.45, 7) is 4.25. The molecule has 2 nitrogen and oxygen atoms in total. The quantitative estimate of drug-likeness (QED) is 0.581. The second-order valence-electron chi connectivity index (χ2n) is 4.31. The largest absolute Gasteiger partial charge is 0.349 e. The monoisotopic (exact) mass is 409 g/mol. The molecule has 0 fully saturated rings. The van der Waals surface area contributed by atoms with Crippen LogP contribution in [-0.4, -0.2) is 17.3 Å². The first-order valence-electron chi connectivity index (χ1n) is 5.67. The van der Waals surface area contributed by atoms with E-state index in [2.05, 4.69) is 57.7 Å². The Morgan fingerprint density at radius 1 is 1.47 bits per heavy atom. The molecule has 0 aromatic heterocycles. The summed E-state index contributed by atoms with van der Waals surface area (Å²) in [5.41, 5.74) is 0.733. The summed E-state index contributed by atoms with van der Waals surface area (Å²) in [5, 5.41) is 3.99. The molecular formula is C13H17BrINO. The average molecular weight is 410 g/mol. The molecule has 0 radical (unpaired) electrons. The molecule has 4 heteroatoms. The van der Waals surface area contributed by atoms with E-state index in [9.17, 15) is 4.79 Å². The topological polar surface area (TPSA) is 29.1 Å². The highest BCUT2D eigenvalue weighted by molar-refractivity contribution is 14.1. The summed E-state index contributed by atoms with van der Waals surface area (Å²) in [7, 11) is 0. The SMILES string of the molecule is CC(C)C(CCBr)NC(=O)c1cccc(I)c1. The van der Waals surface area contributed by atoms with Crippen LogP contribution >= 0.6 is 38.5 Å². The van der Waals surface area contributed by atoms with Crippen molar-refractivity contribution in [1.82, 2.24) is 5.32 Å². The van der Waals surface area contributed by atoms with Gasteiger partial charge in [-0.05, 0) is 53.1 Å². The molecule has 17 heavy (non-hydrogen) atoms. The molecular weight excluding hydrogens is 393 g/mol. The number of carbonyl (C=O) groups is 1. The minimum Gasteiger partial charge on any atom is -0.349 e. The number of benzene rings is 1. The van der Waals surface area contributed by atoms with Crippen molar-refractivity contribution < 1.29 is 4.79 Å². The van der Waals surface area contributed by atoms with Crippen LogP contribution in [0, 0.1) is 9.49 Å². The van der Waals surface area contributed by atoms with E-state index in [1.807, 2.05) is 24.3 Å². The minimum atomic E-state index is 0.0168. The minimum absolute atomic E-state index is 0.0168. The highest BCUT2D eigenvalue weighted by Crippen LogP contribution is 2.11. The van der Waals surface area contributed by atoms with Crippen LogP contribution in [0.2, 0.25) is 0 Å². The third-order valence-electron chi connectivity index (χ3n) is 2.63. The van der Waals surface area contributed by atoms with Crippen molar-refractivity contribution in [3.05, 3.63) is 33.4 Å². The van der Waals surface area contributed by atoms with Crippen molar-refractivity contribution in [1.29, 1.82) is 0 Å². The Morgan fingerprint density at radius 2 is 2.18 bits per heavy atom. The molecule has 1 rings (SSSR count). The van der Waals surface area contributed by atoms with Gasteiger partial charge in [0.1, 0.15) is 0 Å². The Labute approximate surface area is 125 Å². The van der Waals surface area contributed by atoms with E-state index < -0.39 is 0 Å². The van der Waals surface area contributed by atoms with Gasteiger partial charge < -0.3 is 5.32 Å². The van der Waals surface area contributed by atoms with E-state index in [0.29, 0.717) is 5.92 Å². The second-order valence-corrected chi connectivity index (χ2v) is 6.35. The molecule has 0 spiro atoms. The molecule has 94 valence electrons. The summed E-state index contributed by atoms with van der Waals surface area (Å²) in [5.74, 6) is 0.461. The van der Waals surface area contributed by atoms with Crippen molar-refractivity contribution in [2.45, 2.75) is 26.3 Å². The van der Waals surface area contributed by atoms with Crippen LogP contribution in [0.15, 0.2) is 24.3 Å². The fourth-order valence-corrected chi connectivity index (χ4v) is 2.61. The van der Waals surface area contributed by atoms with Crippen molar-refractivity contribution in [2.75, 3.05) is 5.33 Å². The average Bonchev–Trinajstić information content (AvgIpc) is 2.28. The summed E-state index contributed by atoms with van der Waals surface area (Å²) in [6.07, 6.45) is 0.952. The number of alkyl halides is 1. The molecule has 0 aliphatic heterocycles. The number of hydrogen-bond donors (Lipinski definition) is 1. The molecule has 1 atom stereocenters. The number of hydrogen-bond acceptors (Lipinski definition) is 1. The highest BCUT2D eigenvalue weighted by atomic mass is 127. The van der Waals surface area contributed by atoms with Crippen LogP contribution in [0.1, 0.15) is 30.6 Å². The highest BCUT2D eigenvalue weighted by Gasteiger charge is 2.16. The maximum Gasteiger partial charge on any atom is 0.251 e. The van der Waals surface area contributed by atoms with E-state index in [1.54, 1.807) is 0 Å². The van der Waals surface area contributed by atoms with Crippen LogP contribution in [-0.2, 0) is 0 Å². The molecule has 0 saturated carbocycles.